The van der Waals surface area contributed by atoms with Crippen LogP contribution in [-0.4, -0.2) is 38.0 Å². The third-order valence-electron chi connectivity index (χ3n) is 3.20. The molecule has 2 amide bonds. The van der Waals surface area contributed by atoms with Crippen LogP contribution in [0.2, 0.25) is 0 Å². The highest BCUT2D eigenvalue weighted by Crippen LogP contribution is 2.26. The number of carbonyl (C=O) groups is 2. The number of aromatic nitrogens is 3. The highest BCUT2D eigenvalue weighted by molar-refractivity contribution is 6.34. The number of hydrogen-bond acceptors (Lipinski definition) is 5. The topological polar surface area (TPSA) is 88.3 Å². The number of hydrogen-bond donors (Lipinski definition) is 1. The summed E-state index contributed by atoms with van der Waals surface area (Å²) in [6.07, 6.45) is 2.03. The Labute approximate surface area is 120 Å². The largest absolute Gasteiger partial charge is 0.387 e. The number of rotatable bonds is 4. The van der Waals surface area contributed by atoms with Crippen LogP contribution >= 0.6 is 0 Å². The lowest BCUT2D eigenvalue weighted by Crippen LogP contribution is -2.29. The van der Waals surface area contributed by atoms with Crippen molar-refractivity contribution >= 4 is 17.6 Å². The van der Waals surface area contributed by atoms with Crippen molar-refractivity contribution in [1.29, 1.82) is 0 Å². The van der Waals surface area contributed by atoms with E-state index in [1.54, 1.807) is 24.3 Å². The number of aliphatic hydroxyl groups is 1. The molecule has 7 nitrogen and oxygen atoms in total. The summed E-state index contributed by atoms with van der Waals surface area (Å²) in [6, 6.07) is 6.60. The van der Waals surface area contributed by atoms with E-state index in [-0.39, 0.29) is 12.4 Å². The lowest BCUT2D eigenvalue weighted by Gasteiger charge is -2.08. The number of amides is 2. The third kappa shape index (κ3) is 2.13. The lowest BCUT2D eigenvalue weighted by molar-refractivity contribution is 0.0925. The Bertz CT molecular complexity index is 702. The predicted octanol–water partition coefficient (Wildman–Crippen LogP) is 0.626. The van der Waals surface area contributed by atoms with E-state index in [1.165, 1.54) is 17.0 Å². The van der Waals surface area contributed by atoms with Crippen molar-refractivity contribution in [2.24, 2.45) is 0 Å². The zero-order valence-corrected chi connectivity index (χ0v) is 11.0. The molecule has 21 heavy (non-hydrogen) atoms. The average Bonchev–Trinajstić information content (AvgIpc) is 3.03. The normalized spacial score (nSPS) is 15.2. The van der Waals surface area contributed by atoms with Gasteiger partial charge in [-0.15, -0.1) is 11.7 Å². The average molecular weight is 284 g/mol. The third-order valence-corrected chi connectivity index (χ3v) is 3.20. The Hall–Kier alpha value is -2.80. The Balaban J connectivity index is 1.91. The smallest absolute Gasteiger partial charge is 0.267 e. The Kier molecular flexibility index (Phi) is 3.11. The second-order valence-electron chi connectivity index (χ2n) is 4.59. The summed E-state index contributed by atoms with van der Waals surface area (Å²) < 4.78 is 1.35. The predicted molar refractivity (Wildman–Crippen MR) is 73.8 cm³/mol. The first kappa shape index (κ1) is 13.2. The van der Waals surface area contributed by atoms with Crippen molar-refractivity contribution in [1.82, 2.24) is 15.0 Å². The van der Waals surface area contributed by atoms with Crippen molar-refractivity contribution in [3.05, 3.63) is 54.2 Å². The van der Waals surface area contributed by atoms with Gasteiger partial charge in [0.25, 0.3) is 11.8 Å². The Morgan fingerprint density at radius 3 is 2.43 bits per heavy atom. The standard InChI is InChI=1S/C14H12N4O3/c1-2-9(19)7-17-8-12(15-16-17)18-13(20)10-5-3-4-6-11(10)14(18)21/h2-6,8-9,19H,1,7H2. The minimum Gasteiger partial charge on any atom is -0.387 e. The highest BCUT2D eigenvalue weighted by atomic mass is 16.3. The van der Waals surface area contributed by atoms with Gasteiger partial charge in [0, 0.05) is 0 Å². The molecule has 0 aliphatic carbocycles. The van der Waals surface area contributed by atoms with Crippen molar-refractivity contribution in [3.63, 3.8) is 0 Å². The first-order chi connectivity index (χ1) is 10.1. The highest BCUT2D eigenvalue weighted by Gasteiger charge is 2.37. The van der Waals surface area contributed by atoms with Crippen LogP contribution in [0.25, 0.3) is 0 Å². The molecule has 1 N–H and O–H groups in total. The minimum atomic E-state index is -0.776. The molecule has 0 saturated heterocycles. The SMILES string of the molecule is C=CC(O)Cn1cc(N2C(=O)c3ccccc3C2=O)nn1. The van der Waals surface area contributed by atoms with Gasteiger partial charge >= 0.3 is 0 Å². The van der Waals surface area contributed by atoms with Gasteiger partial charge in [-0.3, -0.25) is 9.59 Å². The lowest BCUT2D eigenvalue weighted by atomic mass is 10.1. The Morgan fingerprint density at radius 2 is 1.86 bits per heavy atom. The summed E-state index contributed by atoms with van der Waals surface area (Å²) in [7, 11) is 0. The molecule has 106 valence electrons. The van der Waals surface area contributed by atoms with Crippen LogP contribution < -0.4 is 4.90 Å². The maximum absolute atomic E-state index is 12.3. The number of anilines is 1. The molecule has 1 aromatic carbocycles. The maximum atomic E-state index is 12.3. The number of carbonyl (C=O) groups excluding carboxylic acids is 2. The van der Waals surface area contributed by atoms with Crippen LogP contribution in [0.3, 0.4) is 0 Å². The fourth-order valence-electron chi connectivity index (χ4n) is 2.14. The van der Waals surface area contributed by atoms with Crippen molar-refractivity contribution in [2.45, 2.75) is 12.6 Å². The zero-order chi connectivity index (χ0) is 15.0. The summed E-state index contributed by atoms with van der Waals surface area (Å²) in [4.78, 5) is 25.5. The summed E-state index contributed by atoms with van der Waals surface area (Å²) in [5, 5.41) is 17.1. The summed E-state index contributed by atoms with van der Waals surface area (Å²) in [6.45, 7) is 3.61. The van der Waals surface area contributed by atoms with Gasteiger partial charge in [-0.05, 0) is 12.1 Å². The molecule has 3 rings (SSSR count). The van der Waals surface area contributed by atoms with E-state index in [2.05, 4.69) is 16.9 Å². The summed E-state index contributed by atoms with van der Waals surface area (Å²) in [5.74, 6) is -0.712. The van der Waals surface area contributed by atoms with Crippen molar-refractivity contribution < 1.29 is 14.7 Å². The molecule has 1 atom stereocenters. The van der Waals surface area contributed by atoms with E-state index in [0.717, 1.165) is 4.90 Å². The zero-order valence-electron chi connectivity index (χ0n) is 11.0. The molecule has 1 unspecified atom stereocenters. The molecule has 7 heteroatoms. The van der Waals surface area contributed by atoms with Gasteiger partial charge in [0.2, 0.25) is 0 Å². The molecule has 1 aliphatic rings. The van der Waals surface area contributed by atoms with Gasteiger partial charge in [-0.2, -0.15) is 0 Å². The Morgan fingerprint density at radius 1 is 1.24 bits per heavy atom. The van der Waals surface area contributed by atoms with Gasteiger partial charge in [-0.25, -0.2) is 9.58 Å². The van der Waals surface area contributed by atoms with Gasteiger partial charge in [0.1, 0.15) is 0 Å². The molecule has 0 fully saturated rings. The molecule has 0 saturated carbocycles. The quantitative estimate of drug-likeness (QED) is 0.657. The molecule has 1 aromatic heterocycles. The molecule has 1 aliphatic heterocycles. The van der Waals surface area contributed by atoms with Crippen LogP contribution in [0, 0.1) is 0 Å². The van der Waals surface area contributed by atoms with Crippen LogP contribution in [-0.2, 0) is 6.54 Å². The van der Waals surface area contributed by atoms with Crippen LogP contribution in [0.4, 0.5) is 5.82 Å². The summed E-state index contributed by atoms with van der Waals surface area (Å²) in [5.41, 5.74) is 0.700. The van der Waals surface area contributed by atoms with E-state index in [9.17, 15) is 14.7 Å². The minimum absolute atomic E-state index is 0.137. The van der Waals surface area contributed by atoms with E-state index < -0.39 is 17.9 Å². The first-order valence-corrected chi connectivity index (χ1v) is 6.30. The van der Waals surface area contributed by atoms with Gasteiger partial charge < -0.3 is 5.11 Å². The number of benzene rings is 1. The van der Waals surface area contributed by atoms with E-state index in [1.807, 2.05) is 0 Å². The van der Waals surface area contributed by atoms with E-state index >= 15 is 0 Å². The fraction of sp³-hybridized carbons (Fsp3) is 0.143. The number of imide groups is 1. The first-order valence-electron chi connectivity index (χ1n) is 6.30. The maximum Gasteiger partial charge on any atom is 0.267 e. The van der Waals surface area contributed by atoms with E-state index in [0.29, 0.717) is 11.1 Å². The van der Waals surface area contributed by atoms with Gasteiger partial charge in [0.05, 0.1) is 30.0 Å². The fourth-order valence-corrected chi connectivity index (χ4v) is 2.14. The van der Waals surface area contributed by atoms with Crippen LogP contribution in [0.5, 0.6) is 0 Å². The molecule has 0 spiro atoms. The monoisotopic (exact) mass is 284 g/mol. The van der Waals surface area contributed by atoms with Crippen LogP contribution in [0.15, 0.2) is 43.1 Å². The molecule has 0 bridgehead atoms. The van der Waals surface area contributed by atoms with Crippen molar-refractivity contribution in [3.8, 4) is 0 Å². The second-order valence-corrected chi connectivity index (χ2v) is 4.59. The van der Waals surface area contributed by atoms with Gasteiger partial charge in [0.15, 0.2) is 5.82 Å². The molecular weight excluding hydrogens is 272 g/mol. The molecule has 0 radical (unpaired) electrons. The second kappa shape index (κ2) is 4.95. The molecular formula is C14H12N4O3. The molecule has 2 aromatic rings. The van der Waals surface area contributed by atoms with Gasteiger partial charge in [-0.1, -0.05) is 23.4 Å². The molecule has 2 heterocycles. The van der Waals surface area contributed by atoms with Crippen LogP contribution in [0.1, 0.15) is 20.7 Å². The number of aliphatic hydroxyl groups excluding tert-OH is 1. The number of fused-ring (bicyclic) bond motifs is 1. The number of nitrogens with zero attached hydrogens (tertiary/aromatic N) is 4. The van der Waals surface area contributed by atoms with E-state index in [4.69, 9.17) is 0 Å². The van der Waals surface area contributed by atoms with Crippen molar-refractivity contribution in [2.75, 3.05) is 4.90 Å². The summed E-state index contributed by atoms with van der Waals surface area (Å²) >= 11 is 0.